The molecule has 0 radical (unpaired) electrons. The minimum absolute atomic E-state index is 0.0152. The van der Waals surface area contributed by atoms with E-state index in [0.717, 1.165) is 10.0 Å². The van der Waals surface area contributed by atoms with Crippen LogP contribution in [0.5, 0.6) is 0 Å². The van der Waals surface area contributed by atoms with Gasteiger partial charge < -0.3 is 11.1 Å². The van der Waals surface area contributed by atoms with Crippen LogP contribution < -0.4 is 11.1 Å². The van der Waals surface area contributed by atoms with Gasteiger partial charge in [0.25, 0.3) is 0 Å². The Morgan fingerprint density at radius 3 is 2.89 bits per heavy atom. The van der Waals surface area contributed by atoms with Crippen molar-refractivity contribution < 1.29 is 4.79 Å². The second-order valence-corrected chi connectivity index (χ2v) is 5.97. The Labute approximate surface area is 116 Å². The van der Waals surface area contributed by atoms with Crippen molar-refractivity contribution in [3.8, 4) is 0 Å². The van der Waals surface area contributed by atoms with Crippen LogP contribution in [0.25, 0.3) is 0 Å². The normalized spacial score (nSPS) is 18.2. The lowest BCUT2D eigenvalue weighted by Crippen LogP contribution is -2.34. The van der Waals surface area contributed by atoms with Gasteiger partial charge in [-0.1, -0.05) is 28.1 Å². The molecule has 0 aromatic heterocycles. The second kappa shape index (κ2) is 5.85. The van der Waals surface area contributed by atoms with Crippen LogP contribution in [-0.4, -0.2) is 11.9 Å². The largest absolute Gasteiger partial charge is 0.350 e. The SMILES string of the molecule is CC(NC(=O)CC(N)C1CC1)c1cccc(Br)c1. The Hall–Kier alpha value is -0.870. The first-order valence-corrected chi connectivity index (χ1v) is 7.16. The van der Waals surface area contributed by atoms with Crippen LogP contribution in [0.2, 0.25) is 0 Å². The van der Waals surface area contributed by atoms with Crippen molar-refractivity contribution in [3.63, 3.8) is 0 Å². The lowest BCUT2D eigenvalue weighted by molar-refractivity contribution is -0.122. The van der Waals surface area contributed by atoms with Gasteiger partial charge in [-0.2, -0.15) is 0 Å². The number of hydrogen-bond donors (Lipinski definition) is 2. The lowest BCUT2D eigenvalue weighted by Gasteiger charge is -2.16. The van der Waals surface area contributed by atoms with Gasteiger partial charge in [0.15, 0.2) is 0 Å². The Morgan fingerprint density at radius 1 is 1.56 bits per heavy atom. The molecule has 1 fully saturated rings. The molecule has 0 aliphatic heterocycles. The van der Waals surface area contributed by atoms with Crippen molar-refractivity contribution in [2.75, 3.05) is 0 Å². The van der Waals surface area contributed by atoms with Crippen LogP contribution in [0.1, 0.15) is 37.8 Å². The molecule has 1 saturated carbocycles. The van der Waals surface area contributed by atoms with E-state index in [-0.39, 0.29) is 18.0 Å². The number of carbonyl (C=O) groups is 1. The fourth-order valence-corrected chi connectivity index (χ4v) is 2.48. The number of benzene rings is 1. The van der Waals surface area contributed by atoms with E-state index < -0.39 is 0 Å². The average molecular weight is 311 g/mol. The zero-order valence-corrected chi connectivity index (χ0v) is 12.1. The Morgan fingerprint density at radius 2 is 2.28 bits per heavy atom. The highest BCUT2D eigenvalue weighted by Gasteiger charge is 2.29. The van der Waals surface area contributed by atoms with Crippen LogP contribution in [0.3, 0.4) is 0 Å². The van der Waals surface area contributed by atoms with Gasteiger partial charge in [-0.05, 0) is 43.4 Å². The molecule has 1 aliphatic rings. The van der Waals surface area contributed by atoms with E-state index in [9.17, 15) is 4.79 Å². The second-order valence-electron chi connectivity index (χ2n) is 5.05. The monoisotopic (exact) mass is 310 g/mol. The van der Waals surface area contributed by atoms with E-state index in [1.165, 1.54) is 12.8 Å². The molecule has 1 aromatic rings. The van der Waals surface area contributed by atoms with Gasteiger partial charge >= 0.3 is 0 Å². The van der Waals surface area contributed by atoms with E-state index in [1.807, 2.05) is 31.2 Å². The molecule has 0 spiro atoms. The zero-order chi connectivity index (χ0) is 13.1. The third-order valence-electron chi connectivity index (χ3n) is 3.37. The van der Waals surface area contributed by atoms with Gasteiger partial charge in [0.2, 0.25) is 5.91 Å². The van der Waals surface area contributed by atoms with Gasteiger partial charge in [-0.25, -0.2) is 0 Å². The number of carbonyl (C=O) groups excluding carboxylic acids is 1. The van der Waals surface area contributed by atoms with E-state index in [1.54, 1.807) is 0 Å². The Bertz CT molecular complexity index is 432. The summed E-state index contributed by atoms with van der Waals surface area (Å²) >= 11 is 3.43. The predicted octanol–water partition coefficient (Wildman–Crippen LogP) is 2.75. The molecule has 98 valence electrons. The molecule has 18 heavy (non-hydrogen) atoms. The van der Waals surface area contributed by atoms with Crippen LogP contribution >= 0.6 is 15.9 Å². The van der Waals surface area contributed by atoms with Crippen LogP contribution in [0.4, 0.5) is 0 Å². The highest BCUT2D eigenvalue weighted by Crippen LogP contribution is 2.32. The first kappa shape index (κ1) is 13.6. The third kappa shape index (κ3) is 3.82. The average Bonchev–Trinajstić information content (AvgIpc) is 3.12. The van der Waals surface area contributed by atoms with Gasteiger partial charge in [0.1, 0.15) is 0 Å². The smallest absolute Gasteiger partial charge is 0.222 e. The number of amides is 1. The molecule has 1 aliphatic carbocycles. The molecule has 2 atom stereocenters. The van der Waals surface area contributed by atoms with Gasteiger partial charge in [-0.15, -0.1) is 0 Å². The van der Waals surface area contributed by atoms with Gasteiger partial charge in [0.05, 0.1) is 6.04 Å². The summed E-state index contributed by atoms with van der Waals surface area (Å²) in [5.41, 5.74) is 7.05. The van der Waals surface area contributed by atoms with Crippen LogP contribution in [0, 0.1) is 5.92 Å². The van der Waals surface area contributed by atoms with E-state index in [0.29, 0.717) is 12.3 Å². The molecule has 1 aromatic carbocycles. The molecular formula is C14H19BrN2O. The number of halogens is 1. The highest BCUT2D eigenvalue weighted by atomic mass is 79.9. The van der Waals surface area contributed by atoms with Crippen molar-refractivity contribution in [2.45, 2.75) is 38.3 Å². The molecule has 0 heterocycles. The Kier molecular flexibility index (Phi) is 4.40. The summed E-state index contributed by atoms with van der Waals surface area (Å²) in [5, 5.41) is 3.00. The molecule has 0 saturated heterocycles. The first-order chi connectivity index (χ1) is 8.56. The molecule has 3 nitrogen and oxygen atoms in total. The van der Waals surface area contributed by atoms with Crippen molar-refractivity contribution in [1.82, 2.24) is 5.32 Å². The van der Waals surface area contributed by atoms with Gasteiger partial charge in [-0.3, -0.25) is 4.79 Å². The van der Waals surface area contributed by atoms with Crippen molar-refractivity contribution in [1.29, 1.82) is 0 Å². The van der Waals surface area contributed by atoms with Crippen LogP contribution in [0.15, 0.2) is 28.7 Å². The Balaban J connectivity index is 1.86. The topological polar surface area (TPSA) is 55.1 Å². The fraction of sp³-hybridized carbons (Fsp3) is 0.500. The maximum absolute atomic E-state index is 11.9. The molecule has 1 amide bonds. The minimum atomic E-state index is 0.0152. The van der Waals surface area contributed by atoms with Gasteiger partial charge in [0, 0.05) is 16.9 Å². The summed E-state index contributed by atoms with van der Waals surface area (Å²) in [5.74, 6) is 0.610. The summed E-state index contributed by atoms with van der Waals surface area (Å²) in [6.45, 7) is 1.99. The summed E-state index contributed by atoms with van der Waals surface area (Å²) in [6.07, 6.45) is 2.79. The molecular weight excluding hydrogens is 292 g/mol. The summed E-state index contributed by atoms with van der Waals surface area (Å²) in [4.78, 5) is 11.9. The summed E-state index contributed by atoms with van der Waals surface area (Å²) in [7, 11) is 0. The highest BCUT2D eigenvalue weighted by molar-refractivity contribution is 9.10. The van der Waals surface area contributed by atoms with Crippen molar-refractivity contribution >= 4 is 21.8 Å². The third-order valence-corrected chi connectivity index (χ3v) is 3.87. The van der Waals surface area contributed by atoms with E-state index >= 15 is 0 Å². The molecule has 3 N–H and O–H groups in total. The maximum atomic E-state index is 11.9. The fourth-order valence-electron chi connectivity index (χ4n) is 2.06. The maximum Gasteiger partial charge on any atom is 0.222 e. The van der Waals surface area contributed by atoms with Crippen molar-refractivity contribution in [3.05, 3.63) is 34.3 Å². The summed E-state index contributed by atoms with van der Waals surface area (Å²) in [6, 6.07) is 8.02. The van der Waals surface area contributed by atoms with E-state index in [2.05, 4.69) is 21.2 Å². The number of hydrogen-bond acceptors (Lipinski definition) is 2. The van der Waals surface area contributed by atoms with Crippen molar-refractivity contribution in [2.24, 2.45) is 11.7 Å². The predicted molar refractivity (Wildman–Crippen MR) is 76.0 cm³/mol. The minimum Gasteiger partial charge on any atom is -0.350 e. The lowest BCUT2D eigenvalue weighted by atomic mass is 10.1. The number of rotatable bonds is 5. The van der Waals surface area contributed by atoms with E-state index in [4.69, 9.17) is 5.73 Å². The molecule has 2 unspecified atom stereocenters. The zero-order valence-electron chi connectivity index (χ0n) is 10.5. The number of nitrogens with one attached hydrogen (secondary N) is 1. The summed E-state index contributed by atoms with van der Waals surface area (Å²) < 4.78 is 1.02. The standard InChI is InChI=1S/C14H19BrN2O/c1-9(11-3-2-4-12(15)7-11)17-14(18)8-13(16)10-5-6-10/h2-4,7,9-10,13H,5-6,8,16H2,1H3,(H,17,18). The quantitative estimate of drug-likeness (QED) is 0.878. The molecule has 4 heteroatoms. The van der Waals surface area contributed by atoms with Crippen LogP contribution in [-0.2, 0) is 4.79 Å². The molecule has 0 bridgehead atoms. The molecule has 2 rings (SSSR count). The number of nitrogens with two attached hydrogens (primary N) is 1. The first-order valence-electron chi connectivity index (χ1n) is 6.36.